The fourth-order valence-corrected chi connectivity index (χ4v) is 3.65. The lowest BCUT2D eigenvalue weighted by atomic mass is 9.69. The molecule has 2 rings (SSSR count). The van der Waals surface area contributed by atoms with Crippen molar-refractivity contribution in [3.05, 3.63) is 35.9 Å². The molecule has 1 fully saturated rings. The standard InChI is InChI=1S/C21H32N2O2/c1-5-21(3,4)17-11-13-18(14-12-17)23-20(25)19(24)22-15(2)16-9-7-6-8-10-16/h6-10,15,17-18H,5,11-14H2,1-4H3,(H,22,24)(H,23,25)/t15-,17?,18?/m1/s1. The summed E-state index contributed by atoms with van der Waals surface area (Å²) in [6, 6.07) is 9.61. The molecule has 0 spiro atoms. The van der Waals surface area contributed by atoms with Gasteiger partial charge in [0.25, 0.3) is 0 Å². The summed E-state index contributed by atoms with van der Waals surface area (Å²) in [7, 11) is 0. The lowest BCUT2D eigenvalue weighted by Crippen LogP contribution is -2.46. The van der Waals surface area contributed by atoms with E-state index in [4.69, 9.17) is 0 Å². The summed E-state index contributed by atoms with van der Waals surface area (Å²) in [6.45, 7) is 8.79. The Morgan fingerprint density at radius 2 is 1.68 bits per heavy atom. The Morgan fingerprint density at radius 3 is 2.24 bits per heavy atom. The van der Waals surface area contributed by atoms with Gasteiger partial charge in [-0.25, -0.2) is 0 Å². The Kier molecular flexibility index (Phi) is 6.63. The summed E-state index contributed by atoms with van der Waals surface area (Å²) in [5.74, 6) is -0.356. The molecular formula is C21H32N2O2. The molecule has 0 saturated heterocycles. The van der Waals surface area contributed by atoms with Gasteiger partial charge in [-0.3, -0.25) is 9.59 Å². The van der Waals surface area contributed by atoms with Gasteiger partial charge < -0.3 is 10.6 Å². The van der Waals surface area contributed by atoms with E-state index < -0.39 is 11.8 Å². The minimum absolute atomic E-state index is 0.120. The van der Waals surface area contributed by atoms with E-state index in [-0.39, 0.29) is 12.1 Å². The van der Waals surface area contributed by atoms with Gasteiger partial charge >= 0.3 is 11.8 Å². The molecule has 4 nitrogen and oxygen atoms in total. The molecule has 1 aliphatic carbocycles. The van der Waals surface area contributed by atoms with E-state index in [1.165, 1.54) is 6.42 Å². The summed E-state index contributed by atoms with van der Waals surface area (Å²) in [5.41, 5.74) is 1.35. The molecule has 1 saturated carbocycles. The highest BCUT2D eigenvalue weighted by Gasteiger charge is 2.32. The van der Waals surface area contributed by atoms with Crippen molar-refractivity contribution in [3.8, 4) is 0 Å². The zero-order valence-electron chi connectivity index (χ0n) is 16.0. The van der Waals surface area contributed by atoms with Crippen LogP contribution in [0.4, 0.5) is 0 Å². The van der Waals surface area contributed by atoms with E-state index in [1.807, 2.05) is 37.3 Å². The topological polar surface area (TPSA) is 58.2 Å². The van der Waals surface area contributed by atoms with E-state index in [2.05, 4.69) is 31.4 Å². The highest BCUT2D eigenvalue weighted by atomic mass is 16.2. The maximum Gasteiger partial charge on any atom is 0.309 e. The summed E-state index contributed by atoms with van der Waals surface area (Å²) >= 11 is 0. The van der Waals surface area contributed by atoms with Crippen LogP contribution in [0, 0.1) is 11.3 Å². The van der Waals surface area contributed by atoms with Gasteiger partial charge in [0, 0.05) is 6.04 Å². The minimum Gasteiger partial charge on any atom is -0.345 e. The fraction of sp³-hybridized carbons (Fsp3) is 0.619. The first-order valence-electron chi connectivity index (χ1n) is 9.49. The smallest absolute Gasteiger partial charge is 0.309 e. The number of hydrogen-bond donors (Lipinski definition) is 2. The molecule has 0 aliphatic heterocycles. The third-order valence-corrected chi connectivity index (χ3v) is 5.93. The van der Waals surface area contributed by atoms with Crippen molar-refractivity contribution in [3.63, 3.8) is 0 Å². The third-order valence-electron chi connectivity index (χ3n) is 5.93. The van der Waals surface area contributed by atoms with Crippen molar-refractivity contribution in [1.82, 2.24) is 10.6 Å². The molecule has 1 aromatic carbocycles. The average Bonchev–Trinajstić information content (AvgIpc) is 2.62. The van der Waals surface area contributed by atoms with Crippen LogP contribution in [-0.4, -0.2) is 17.9 Å². The van der Waals surface area contributed by atoms with Crippen molar-refractivity contribution in [2.45, 2.75) is 71.9 Å². The fourth-order valence-electron chi connectivity index (χ4n) is 3.65. The summed E-state index contributed by atoms with van der Waals surface area (Å²) in [4.78, 5) is 24.3. The second-order valence-electron chi connectivity index (χ2n) is 7.97. The quantitative estimate of drug-likeness (QED) is 0.794. The second kappa shape index (κ2) is 8.50. The van der Waals surface area contributed by atoms with Crippen LogP contribution in [0.15, 0.2) is 30.3 Å². The molecule has 1 atom stereocenters. The molecule has 2 N–H and O–H groups in total. The number of rotatable bonds is 5. The van der Waals surface area contributed by atoms with Crippen LogP contribution in [0.2, 0.25) is 0 Å². The molecule has 0 aromatic heterocycles. The zero-order chi connectivity index (χ0) is 18.4. The average molecular weight is 344 g/mol. The first kappa shape index (κ1) is 19.5. The lowest BCUT2D eigenvalue weighted by Gasteiger charge is -2.39. The Bertz CT molecular complexity index is 575. The molecule has 0 bridgehead atoms. The molecule has 0 radical (unpaired) electrons. The number of carbonyl (C=O) groups is 2. The van der Waals surface area contributed by atoms with Gasteiger partial charge in [0.2, 0.25) is 0 Å². The first-order valence-corrected chi connectivity index (χ1v) is 9.49. The molecule has 4 heteroatoms. The molecule has 25 heavy (non-hydrogen) atoms. The molecule has 0 heterocycles. The van der Waals surface area contributed by atoms with E-state index in [0.717, 1.165) is 31.2 Å². The third kappa shape index (κ3) is 5.32. The van der Waals surface area contributed by atoms with Crippen LogP contribution in [0.3, 0.4) is 0 Å². The summed E-state index contributed by atoms with van der Waals surface area (Å²) in [5, 5.41) is 5.69. The monoisotopic (exact) mass is 344 g/mol. The maximum atomic E-state index is 12.2. The van der Waals surface area contributed by atoms with Crippen LogP contribution < -0.4 is 10.6 Å². The molecule has 138 valence electrons. The highest BCUT2D eigenvalue weighted by Crippen LogP contribution is 2.40. The number of benzene rings is 1. The van der Waals surface area contributed by atoms with Crippen molar-refractivity contribution < 1.29 is 9.59 Å². The van der Waals surface area contributed by atoms with Crippen LogP contribution in [0.1, 0.15) is 71.4 Å². The van der Waals surface area contributed by atoms with Gasteiger partial charge in [-0.05, 0) is 49.5 Å². The number of amides is 2. The van der Waals surface area contributed by atoms with Crippen molar-refractivity contribution >= 4 is 11.8 Å². The predicted octanol–water partition coefficient (Wildman–Crippen LogP) is 3.98. The number of carbonyl (C=O) groups excluding carboxylic acids is 2. The van der Waals surface area contributed by atoms with Gasteiger partial charge in [-0.2, -0.15) is 0 Å². The minimum atomic E-state index is -0.549. The van der Waals surface area contributed by atoms with Gasteiger partial charge in [-0.1, -0.05) is 57.5 Å². The molecule has 2 amide bonds. The summed E-state index contributed by atoms with van der Waals surface area (Å²) < 4.78 is 0. The maximum absolute atomic E-state index is 12.2. The molecule has 0 unspecified atom stereocenters. The molecule has 1 aromatic rings. The SMILES string of the molecule is CCC(C)(C)C1CCC(NC(=O)C(=O)N[C@H](C)c2ccccc2)CC1. The van der Waals surface area contributed by atoms with E-state index >= 15 is 0 Å². The van der Waals surface area contributed by atoms with Crippen LogP contribution in [-0.2, 0) is 9.59 Å². The Hall–Kier alpha value is -1.84. The normalized spacial score (nSPS) is 22.1. The van der Waals surface area contributed by atoms with Gasteiger partial charge in [0.15, 0.2) is 0 Å². The van der Waals surface area contributed by atoms with Crippen LogP contribution >= 0.6 is 0 Å². The Labute approximate surface area is 151 Å². The van der Waals surface area contributed by atoms with Crippen LogP contribution in [0.5, 0.6) is 0 Å². The summed E-state index contributed by atoms with van der Waals surface area (Å²) in [6.07, 6.45) is 5.33. The Balaban J connectivity index is 1.79. The van der Waals surface area contributed by atoms with Crippen molar-refractivity contribution in [1.29, 1.82) is 0 Å². The van der Waals surface area contributed by atoms with Crippen LogP contribution in [0.25, 0.3) is 0 Å². The molecular weight excluding hydrogens is 312 g/mol. The van der Waals surface area contributed by atoms with Gasteiger partial charge in [0.05, 0.1) is 6.04 Å². The Morgan fingerprint density at radius 1 is 1.08 bits per heavy atom. The first-order chi connectivity index (χ1) is 11.8. The number of hydrogen-bond acceptors (Lipinski definition) is 2. The van der Waals surface area contributed by atoms with Crippen molar-refractivity contribution in [2.24, 2.45) is 11.3 Å². The van der Waals surface area contributed by atoms with E-state index in [1.54, 1.807) is 0 Å². The van der Waals surface area contributed by atoms with E-state index in [0.29, 0.717) is 11.3 Å². The molecule has 1 aliphatic rings. The number of nitrogens with one attached hydrogen (secondary N) is 2. The lowest BCUT2D eigenvalue weighted by molar-refractivity contribution is -0.140. The van der Waals surface area contributed by atoms with E-state index in [9.17, 15) is 9.59 Å². The zero-order valence-corrected chi connectivity index (χ0v) is 16.0. The second-order valence-corrected chi connectivity index (χ2v) is 7.97. The van der Waals surface area contributed by atoms with Crippen molar-refractivity contribution in [2.75, 3.05) is 0 Å². The van der Waals surface area contributed by atoms with Gasteiger partial charge in [-0.15, -0.1) is 0 Å². The van der Waals surface area contributed by atoms with Gasteiger partial charge in [0.1, 0.15) is 0 Å². The largest absolute Gasteiger partial charge is 0.345 e. The highest BCUT2D eigenvalue weighted by molar-refractivity contribution is 6.35. The predicted molar refractivity (Wildman–Crippen MR) is 101 cm³/mol.